The number of aliphatic hydroxyl groups is 1. The molecule has 0 aliphatic carbocycles. The summed E-state index contributed by atoms with van der Waals surface area (Å²) in [5, 5.41) is 11.3. The van der Waals surface area contributed by atoms with Crippen molar-refractivity contribution in [1.29, 1.82) is 0 Å². The van der Waals surface area contributed by atoms with Gasteiger partial charge in [0.2, 0.25) is 0 Å². The predicted octanol–water partition coefficient (Wildman–Crippen LogP) is 1.78. The lowest BCUT2D eigenvalue weighted by molar-refractivity contribution is -0.0365. The van der Waals surface area contributed by atoms with Crippen LogP contribution in [0.25, 0.3) is 11.0 Å². The van der Waals surface area contributed by atoms with Crippen LogP contribution in [0, 0.1) is 0 Å². The monoisotopic (exact) mass is 518 g/mol. The maximum Gasteiger partial charge on any atom is 0.277 e. The number of likely N-dealkylation sites (tertiary alicyclic amines) is 1. The molecular formula is C26H30N8O2S. The molecule has 0 bridgehead atoms. The van der Waals surface area contributed by atoms with Gasteiger partial charge in [-0.3, -0.25) is 19.3 Å². The summed E-state index contributed by atoms with van der Waals surface area (Å²) in [4.78, 5) is 24.2. The molecule has 0 unspecified atom stereocenters. The quantitative estimate of drug-likeness (QED) is 0.314. The first-order chi connectivity index (χ1) is 17.9. The second-order valence-electron chi connectivity index (χ2n) is 9.50. The maximum absolute atomic E-state index is 13.1. The van der Waals surface area contributed by atoms with Crippen molar-refractivity contribution >= 4 is 34.2 Å². The van der Waals surface area contributed by atoms with Crippen LogP contribution in [0.2, 0.25) is 0 Å². The van der Waals surface area contributed by atoms with Crippen molar-refractivity contribution in [2.75, 3.05) is 25.9 Å². The standard InChI is InChI=1S/C26H30N8O2S/c1-29-23(19-5-2-17(13-27)3-6-19)24-22(28)25(35)34(16-30-24)15-26(36)8-10-33(11-9-26)14-18-4-7-20-21(12-18)32-37-31-20/h2-7,12,16,36H,8-11,13-15,27-28H2,1H3. The van der Waals surface area contributed by atoms with Crippen molar-refractivity contribution in [2.24, 2.45) is 10.7 Å². The molecule has 2 aromatic heterocycles. The fourth-order valence-electron chi connectivity index (χ4n) is 4.76. The van der Waals surface area contributed by atoms with E-state index in [1.165, 1.54) is 28.2 Å². The molecule has 37 heavy (non-hydrogen) atoms. The van der Waals surface area contributed by atoms with Gasteiger partial charge in [0.15, 0.2) is 0 Å². The predicted molar refractivity (Wildman–Crippen MR) is 146 cm³/mol. The van der Waals surface area contributed by atoms with Gasteiger partial charge in [-0.05, 0) is 36.1 Å². The van der Waals surface area contributed by atoms with Crippen molar-refractivity contribution in [3.8, 4) is 0 Å². The van der Waals surface area contributed by atoms with Gasteiger partial charge >= 0.3 is 0 Å². The lowest BCUT2D eigenvalue weighted by Crippen LogP contribution is -2.48. The van der Waals surface area contributed by atoms with Gasteiger partial charge < -0.3 is 16.6 Å². The first kappa shape index (κ1) is 25.2. The second-order valence-corrected chi connectivity index (χ2v) is 10.0. The van der Waals surface area contributed by atoms with Crippen LogP contribution in [0.3, 0.4) is 0 Å². The number of benzene rings is 2. The van der Waals surface area contributed by atoms with Gasteiger partial charge in [-0.1, -0.05) is 30.3 Å². The van der Waals surface area contributed by atoms with E-state index in [9.17, 15) is 9.90 Å². The molecule has 5 N–H and O–H groups in total. The number of aliphatic imine (C=N–C) groups is 1. The average molecular weight is 519 g/mol. The molecule has 1 saturated heterocycles. The molecule has 1 fully saturated rings. The summed E-state index contributed by atoms with van der Waals surface area (Å²) in [6, 6.07) is 13.7. The zero-order valence-electron chi connectivity index (χ0n) is 20.7. The fraction of sp³-hybridized carbons (Fsp3) is 0.346. The van der Waals surface area contributed by atoms with Gasteiger partial charge in [0, 0.05) is 38.8 Å². The number of hydrogen-bond donors (Lipinski definition) is 3. The minimum Gasteiger partial charge on any atom is -0.392 e. The summed E-state index contributed by atoms with van der Waals surface area (Å²) < 4.78 is 9.97. The number of aromatic nitrogens is 4. The van der Waals surface area contributed by atoms with E-state index in [-0.39, 0.29) is 17.8 Å². The highest BCUT2D eigenvalue weighted by Crippen LogP contribution is 2.26. The second kappa shape index (κ2) is 10.5. The SMILES string of the molecule is CN=C(c1ccc(CN)cc1)c1ncn(CC2(O)CCN(Cc3ccc4nsnc4c3)CC2)c(=O)c1N. The number of nitrogens with zero attached hydrogens (tertiary/aromatic N) is 6. The third kappa shape index (κ3) is 5.30. The number of hydrogen-bond acceptors (Lipinski definition) is 10. The van der Waals surface area contributed by atoms with Crippen LogP contribution >= 0.6 is 11.7 Å². The van der Waals surface area contributed by atoms with Crippen LogP contribution in [0.4, 0.5) is 5.69 Å². The number of anilines is 1. The van der Waals surface area contributed by atoms with Gasteiger partial charge in [-0.2, -0.15) is 8.75 Å². The molecular weight excluding hydrogens is 488 g/mol. The van der Waals surface area contributed by atoms with E-state index in [0.29, 0.717) is 43.9 Å². The molecule has 0 amide bonds. The molecule has 10 nitrogen and oxygen atoms in total. The van der Waals surface area contributed by atoms with E-state index in [1.807, 2.05) is 30.3 Å². The highest BCUT2D eigenvalue weighted by Gasteiger charge is 2.33. The van der Waals surface area contributed by atoms with Crippen LogP contribution in [0.15, 0.2) is 58.6 Å². The van der Waals surface area contributed by atoms with Crippen molar-refractivity contribution in [1.82, 2.24) is 23.2 Å². The Bertz CT molecular complexity index is 1490. The Balaban J connectivity index is 1.26. The van der Waals surface area contributed by atoms with E-state index in [1.54, 1.807) is 7.05 Å². The van der Waals surface area contributed by atoms with Gasteiger partial charge in [-0.25, -0.2) is 4.98 Å². The summed E-state index contributed by atoms with van der Waals surface area (Å²) in [5.41, 5.74) is 16.2. The molecule has 4 aromatic rings. The van der Waals surface area contributed by atoms with Crippen LogP contribution in [0.5, 0.6) is 0 Å². The van der Waals surface area contributed by atoms with Crippen molar-refractivity contribution in [2.45, 2.75) is 38.1 Å². The molecule has 11 heteroatoms. The first-order valence-electron chi connectivity index (χ1n) is 12.2. The topological polar surface area (TPSA) is 149 Å². The zero-order chi connectivity index (χ0) is 26.0. The highest BCUT2D eigenvalue weighted by atomic mass is 32.1. The number of fused-ring (bicyclic) bond motifs is 1. The molecule has 1 aliphatic rings. The Hall–Kier alpha value is -3.51. The van der Waals surface area contributed by atoms with E-state index in [4.69, 9.17) is 11.5 Å². The number of piperidine rings is 1. The van der Waals surface area contributed by atoms with Crippen molar-refractivity contribution in [3.63, 3.8) is 0 Å². The Labute approximate surface area is 218 Å². The summed E-state index contributed by atoms with van der Waals surface area (Å²) in [5.74, 6) is 0. The average Bonchev–Trinajstić information content (AvgIpc) is 3.38. The van der Waals surface area contributed by atoms with Crippen molar-refractivity contribution < 1.29 is 5.11 Å². The normalized spacial score (nSPS) is 16.4. The van der Waals surface area contributed by atoms with Crippen LogP contribution in [0.1, 0.15) is 35.2 Å². The minimum absolute atomic E-state index is 0.0129. The van der Waals surface area contributed by atoms with Crippen molar-refractivity contribution in [3.05, 3.63) is 81.5 Å². The molecule has 1 aliphatic heterocycles. The van der Waals surface area contributed by atoms with Gasteiger partial charge in [0.05, 0.1) is 35.9 Å². The van der Waals surface area contributed by atoms with Gasteiger partial charge in [0.25, 0.3) is 5.56 Å². The summed E-state index contributed by atoms with van der Waals surface area (Å²) >= 11 is 1.21. The van der Waals surface area contributed by atoms with Gasteiger partial charge in [-0.15, -0.1) is 0 Å². The molecule has 192 valence electrons. The highest BCUT2D eigenvalue weighted by molar-refractivity contribution is 7.00. The number of rotatable bonds is 7. The maximum atomic E-state index is 13.1. The molecule has 5 rings (SSSR count). The van der Waals surface area contributed by atoms with Crippen LogP contribution in [-0.4, -0.2) is 59.8 Å². The lowest BCUT2D eigenvalue weighted by atomic mass is 9.91. The third-order valence-corrected chi connectivity index (χ3v) is 7.52. The van der Waals surface area contributed by atoms with E-state index in [0.717, 1.165) is 28.7 Å². The molecule has 3 heterocycles. The van der Waals surface area contributed by atoms with Crippen LogP contribution in [-0.2, 0) is 19.6 Å². The number of nitrogen functional groups attached to an aromatic ring is 1. The third-order valence-electron chi connectivity index (χ3n) is 6.96. The molecule has 0 spiro atoms. The van der Waals surface area contributed by atoms with E-state index in [2.05, 4.69) is 35.8 Å². The number of nitrogens with two attached hydrogens (primary N) is 2. The van der Waals surface area contributed by atoms with E-state index < -0.39 is 5.60 Å². The summed E-state index contributed by atoms with van der Waals surface area (Å²) in [6.07, 6.45) is 2.53. The minimum atomic E-state index is -1.02. The van der Waals surface area contributed by atoms with E-state index >= 15 is 0 Å². The van der Waals surface area contributed by atoms with Crippen LogP contribution < -0.4 is 17.0 Å². The Morgan fingerprint density at radius 2 is 1.81 bits per heavy atom. The smallest absolute Gasteiger partial charge is 0.277 e. The fourth-order valence-corrected chi connectivity index (χ4v) is 5.28. The molecule has 0 atom stereocenters. The Morgan fingerprint density at radius 1 is 1.11 bits per heavy atom. The summed E-state index contributed by atoms with van der Waals surface area (Å²) in [6.45, 7) is 2.78. The lowest BCUT2D eigenvalue weighted by Gasteiger charge is -2.38. The first-order valence-corrected chi connectivity index (χ1v) is 12.9. The largest absolute Gasteiger partial charge is 0.392 e. The molecule has 2 aromatic carbocycles. The zero-order valence-corrected chi connectivity index (χ0v) is 21.5. The Kier molecular flexibility index (Phi) is 7.11. The molecule has 0 radical (unpaired) electrons. The summed E-state index contributed by atoms with van der Waals surface area (Å²) in [7, 11) is 1.64. The van der Waals surface area contributed by atoms with Gasteiger partial charge in [0.1, 0.15) is 22.4 Å². The Morgan fingerprint density at radius 3 is 2.51 bits per heavy atom. The molecule has 0 saturated carbocycles.